The van der Waals surface area contributed by atoms with Gasteiger partial charge in [-0.05, 0) is 19.9 Å². The number of nitro groups is 1. The van der Waals surface area contributed by atoms with Gasteiger partial charge in [0.2, 0.25) is 10.0 Å². The molecule has 0 spiro atoms. The average Bonchev–Trinajstić information content (AvgIpc) is 2.37. The molecule has 0 aliphatic carbocycles. The number of nitro benzene ring substituents is 1. The standard InChI is InChI=1S/C12H16ClN3O4S/c1-8-6-14-7-9(2)15(8)21(19,20)12-4-3-10(16(17)18)5-11(12)13/h3-5,8-9,14H,6-7H2,1-2H3. The summed E-state index contributed by atoms with van der Waals surface area (Å²) in [6.07, 6.45) is 0. The number of halogens is 1. The maximum atomic E-state index is 12.8. The molecule has 1 aromatic carbocycles. The Hall–Kier alpha value is -1.22. The molecule has 1 aliphatic rings. The predicted octanol–water partition coefficient (Wildman–Crippen LogP) is 1.62. The summed E-state index contributed by atoms with van der Waals surface area (Å²) in [6, 6.07) is 2.97. The minimum atomic E-state index is -3.79. The molecule has 116 valence electrons. The molecule has 7 nitrogen and oxygen atoms in total. The Balaban J connectivity index is 2.46. The van der Waals surface area contributed by atoms with Gasteiger partial charge >= 0.3 is 0 Å². The van der Waals surface area contributed by atoms with Gasteiger partial charge in [-0.15, -0.1) is 0 Å². The van der Waals surface area contributed by atoms with Crippen LogP contribution in [0.25, 0.3) is 0 Å². The molecule has 2 atom stereocenters. The molecular formula is C12H16ClN3O4S. The van der Waals surface area contributed by atoms with Crippen LogP contribution >= 0.6 is 11.6 Å². The minimum absolute atomic E-state index is 0.102. The summed E-state index contributed by atoms with van der Waals surface area (Å²) in [4.78, 5) is 9.98. The zero-order valence-corrected chi connectivity index (χ0v) is 13.2. The molecule has 21 heavy (non-hydrogen) atoms. The van der Waals surface area contributed by atoms with Crippen molar-refractivity contribution in [3.05, 3.63) is 33.3 Å². The van der Waals surface area contributed by atoms with Crippen molar-refractivity contribution >= 4 is 27.3 Å². The number of nitrogens with one attached hydrogen (secondary N) is 1. The second kappa shape index (κ2) is 5.88. The summed E-state index contributed by atoms with van der Waals surface area (Å²) < 4.78 is 26.9. The fourth-order valence-electron chi connectivity index (χ4n) is 2.52. The Morgan fingerprint density at radius 3 is 2.38 bits per heavy atom. The van der Waals surface area contributed by atoms with Gasteiger partial charge < -0.3 is 5.32 Å². The number of non-ortho nitro benzene ring substituents is 1. The Labute approximate surface area is 128 Å². The monoisotopic (exact) mass is 333 g/mol. The summed E-state index contributed by atoms with van der Waals surface area (Å²) in [6.45, 7) is 4.71. The lowest BCUT2D eigenvalue weighted by Gasteiger charge is -2.38. The van der Waals surface area contributed by atoms with Gasteiger partial charge in [0.25, 0.3) is 5.69 Å². The van der Waals surface area contributed by atoms with E-state index >= 15 is 0 Å². The van der Waals surface area contributed by atoms with E-state index in [1.54, 1.807) is 13.8 Å². The van der Waals surface area contributed by atoms with E-state index in [0.29, 0.717) is 13.1 Å². The van der Waals surface area contributed by atoms with Gasteiger partial charge in [-0.25, -0.2) is 8.42 Å². The minimum Gasteiger partial charge on any atom is -0.314 e. The van der Waals surface area contributed by atoms with E-state index in [4.69, 9.17) is 11.6 Å². The van der Waals surface area contributed by atoms with Gasteiger partial charge in [0, 0.05) is 37.3 Å². The van der Waals surface area contributed by atoms with E-state index in [9.17, 15) is 18.5 Å². The van der Waals surface area contributed by atoms with Gasteiger partial charge in [0.1, 0.15) is 4.90 Å². The molecule has 0 saturated carbocycles. The number of piperazine rings is 1. The van der Waals surface area contributed by atoms with Gasteiger partial charge in [-0.3, -0.25) is 10.1 Å². The molecule has 1 saturated heterocycles. The van der Waals surface area contributed by atoms with E-state index < -0.39 is 14.9 Å². The molecule has 1 N–H and O–H groups in total. The largest absolute Gasteiger partial charge is 0.314 e. The first-order valence-electron chi connectivity index (χ1n) is 6.43. The van der Waals surface area contributed by atoms with Crippen molar-refractivity contribution in [3.63, 3.8) is 0 Å². The molecule has 1 fully saturated rings. The maximum absolute atomic E-state index is 12.8. The van der Waals surface area contributed by atoms with Crippen LogP contribution in [0.3, 0.4) is 0 Å². The second-order valence-corrected chi connectivity index (χ2v) is 7.28. The van der Waals surface area contributed by atoms with Gasteiger partial charge in [0.05, 0.1) is 9.95 Å². The topological polar surface area (TPSA) is 92.6 Å². The first-order chi connectivity index (χ1) is 9.75. The number of nitrogens with zero attached hydrogens (tertiary/aromatic N) is 2. The first-order valence-corrected chi connectivity index (χ1v) is 8.25. The molecule has 0 bridgehead atoms. The van der Waals surface area contributed by atoms with Crippen molar-refractivity contribution in [2.75, 3.05) is 13.1 Å². The molecule has 0 aromatic heterocycles. The van der Waals surface area contributed by atoms with Crippen LogP contribution in [0.4, 0.5) is 5.69 Å². The lowest BCUT2D eigenvalue weighted by molar-refractivity contribution is -0.384. The van der Waals surface area contributed by atoms with E-state index in [-0.39, 0.29) is 27.7 Å². The summed E-state index contributed by atoms with van der Waals surface area (Å²) in [5, 5.41) is 13.7. The lowest BCUT2D eigenvalue weighted by atomic mass is 10.2. The molecule has 2 unspecified atom stereocenters. The third kappa shape index (κ3) is 3.03. The van der Waals surface area contributed by atoms with E-state index in [2.05, 4.69) is 5.32 Å². The lowest BCUT2D eigenvalue weighted by Crippen LogP contribution is -2.57. The van der Waals surface area contributed by atoms with E-state index in [1.165, 1.54) is 10.4 Å². The molecule has 1 aliphatic heterocycles. The van der Waals surface area contributed by atoms with Crippen molar-refractivity contribution in [1.82, 2.24) is 9.62 Å². The van der Waals surface area contributed by atoms with Crippen molar-refractivity contribution in [1.29, 1.82) is 0 Å². The van der Waals surface area contributed by atoms with Crippen LogP contribution in [0.5, 0.6) is 0 Å². The zero-order valence-electron chi connectivity index (χ0n) is 11.6. The fraction of sp³-hybridized carbons (Fsp3) is 0.500. The molecular weight excluding hydrogens is 318 g/mol. The Morgan fingerprint density at radius 2 is 1.90 bits per heavy atom. The average molecular weight is 334 g/mol. The van der Waals surface area contributed by atoms with E-state index in [1.807, 2.05) is 0 Å². The van der Waals surface area contributed by atoms with Gasteiger partial charge in [-0.1, -0.05) is 11.6 Å². The second-order valence-electron chi connectivity index (χ2n) is 5.06. The van der Waals surface area contributed by atoms with Crippen LogP contribution in [0.1, 0.15) is 13.8 Å². The third-order valence-corrected chi connectivity index (χ3v) is 6.04. The van der Waals surface area contributed by atoms with Crippen molar-refractivity contribution in [2.45, 2.75) is 30.8 Å². The van der Waals surface area contributed by atoms with Crippen LogP contribution in [-0.4, -0.2) is 42.8 Å². The number of hydrogen-bond acceptors (Lipinski definition) is 5. The van der Waals surface area contributed by atoms with Crippen LogP contribution in [0.15, 0.2) is 23.1 Å². The molecule has 0 radical (unpaired) electrons. The van der Waals surface area contributed by atoms with E-state index in [0.717, 1.165) is 12.1 Å². The molecule has 9 heteroatoms. The molecule has 2 rings (SSSR count). The van der Waals surface area contributed by atoms with Crippen molar-refractivity contribution in [2.24, 2.45) is 0 Å². The smallest absolute Gasteiger partial charge is 0.271 e. The Bertz CT molecular complexity index is 654. The summed E-state index contributed by atoms with van der Waals surface area (Å²) >= 11 is 5.95. The maximum Gasteiger partial charge on any atom is 0.271 e. The summed E-state index contributed by atoms with van der Waals surface area (Å²) in [5.74, 6) is 0. The summed E-state index contributed by atoms with van der Waals surface area (Å²) in [5.41, 5.74) is -0.236. The van der Waals surface area contributed by atoms with Crippen LogP contribution in [0.2, 0.25) is 5.02 Å². The van der Waals surface area contributed by atoms with Crippen molar-refractivity contribution in [3.8, 4) is 0 Å². The van der Waals surface area contributed by atoms with Crippen molar-refractivity contribution < 1.29 is 13.3 Å². The molecule has 1 aromatic rings. The fourth-order valence-corrected chi connectivity index (χ4v) is 4.85. The highest BCUT2D eigenvalue weighted by Crippen LogP contribution is 2.30. The van der Waals surface area contributed by atoms with Crippen LogP contribution in [0, 0.1) is 10.1 Å². The number of rotatable bonds is 3. The Kier molecular flexibility index (Phi) is 4.52. The zero-order chi connectivity index (χ0) is 15.8. The van der Waals surface area contributed by atoms with Crippen LogP contribution in [-0.2, 0) is 10.0 Å². The first kappa shape index (κ1) is 16.2. The summed E-state index contributed by atoms with van der Waals surface area (Å²) in [7, 11) is -3.79. The molecule has 1 heterocycles. The Morgan fingerprint density at radius 1 is 1.33 bits per heavy atom. The number of sulfonamides is 1. The normalized spacial score (nSPS) is 24.0. The van der Waals surface area contributed by atoms with Crippen LogP contribution < -0.4 is 5.32 Å². The highest BCUT2D eigenvalue weighted by molar-refractivity contribution is 7.89. The third-order valence-electron chi connectivity index (χ3n) is 3.43. The predicted molar refractivity (Wildman–Crippen MR) is 78.9 cm³/mol. The van der Waals surface area contributed by atoms with Gasteiger partial charge in [-0.2, -0.15) is 4.31 Å². The molecule has 0 amide bonds. The highest BCUT2D eigenvalue weighted by atomic mass is 35.5. The number of hydrogen-bond donors (Lipinski definition) is 1. The highest BCUT2D eigenvalue weighted by Gasteiger charge is 2.37. The number of benzene rings is 1. The SMILES string of the molecule is CC1CNCC(C)N1S(=O)(=O)c1ccc([N+](=O)[O-])cc1Cl. The van der Waals surface area contributed by atoms with Gasteiger partial charge in [0.15, 0.2) is 0 Å². The quantitative estimate of drug-likeness (QED) is 0.670.